The summed E-state index contributed by atoms with van der Waals surface area (Å²) in [6, 6.07) is 13.3. The van der Waals surface area contributed by atoms with Crippen LogP contribution in [0.4, 0.5) is 0 Å². The molecule has 2 saturated heterocycles. The highest BCUT2D eigenvalue weighted by atomic mass is 16.2. The standard InChI is InChI=1S/C23H25N5O2/c29-22(26-9-15-7-16-3-1-2-4-21(16)25-8-15)20-6-5-19(27-23(20)30)14-28-12-17-10-24-11-18(17)13-28/h1-8,17-18,24H,9-14H2,(H,26,29)(H,27,30)/t17-,18+. The van der Waals surface area contributed by atoms with Crippen molar-refractivity contribution in [3.63, 3.8) is 0 Å². The number of aromatic nitrogens is 2. The van der Waals surface area contributed by atoms with Crippen LogP contribution in [0.2, 0.25) is 0 Å². The number of carbonyl (C=O) groups excluding carboxylic acids is 1. The zero-order chi connectivity index (χ0) is 20.5. The number of nitrogens with zero attached hydrogens (tertiary/aromatic N) is 2. The maximum absolute atomic E-state index is 12.5. The Morgan fingerprint density at radius 2 is 1.93 bits per heavy atom. The Bertz CT molecular complexity index is 1130. The van der Waals surface area contributed by atoms with Gasteiger partial charge in [0.2, 0.25) is 0 Å². The normalized spacial score (nSPS) is 21.1. The van der Waals surface area contributed by atoms with Gasteiger partial charge >= 0.3 is 0 Å². The predicted molar refractivity (Wildman–Crippen MR) is 115 cm³/mol. The molecule has 2 fully saturated rings. The molecule has 0 unspecified atom stereocenters. The van der Waals surface area contributed by atoms with Crippen molar-refractivity contribution in [3.05, 3.63) is 75.8 Å². The largest absolute Gasteiger partial charge is 0.348 e. The molecule has 0 saturated carbocycles. The molecule has 30 heavy (non-hydrogen) atoms. The van der Waals surface area contributed by atoms with Crippen molar-refractivity contribution in [1.29, 1.82) is 0 Å². The third kappa shape index (κ3) is 3.86. The lowest BCUT2D eigenvalue weighted by atomic mass is 10.0. The third-order valence-corrected chi connectivity index (χ3v) is 6.17. The van der Waals surface area contributed by atoms with Crippen molar-refractivity contribution in [2.24, 2.45) is 11.8 Å². The second-order valence-electron chi connectivity index (χ2n) is 8.32. The summed E-state index contributed by atoms with van der Waals surface area (Å²) in [7, 11) is 0. The second-order valence-corrected chi connectivity index (χ2v) is 8.32. The summed E-state index contributed by atoms with van der Waals surface area (Å²) < 4.78 is 0. The Kier molecular flexibility index (Phi) is 5.06. The second kappa shape index (κ2) is 8.01. The molecule has 0 aliphatic carbocycles. The minimum absolute atomic E-state index is 0.134. The molecule has 2 aromatic heterocycles. The van der Waals surface area contributed by atoms with Crippen molar-refractivity contribution in [2.45, 2.75) is 13.1 Å². The Labute approximate surface area is 174 Å². The zero-order valence-corrected chi connectivity index (χ0v) is 16.7. The van der Waals surface area contributed by atoms with Crippen LogP contribution in [0.15, 0.2) is 53.5 Å². The fourth-order valence-corrected chi connectivity index (χ4v) is 4.60. The molecule has 2 aliphatic rings. The van der Waals surface area contributed by atoms with Gasteiger partial charge in [-0.1, -0.05) is 18.2 Å². The fraction of sp³-hybridized carbons (Fsp3) is 0.348. The summed E-state index contributed by atoms with van der Waals surface area (Å²) in [5.41, 5.74) is 2.45. The molecule has 3 aromatic rings. The summed E-state index contributed by atoms with van der Waals surface area (Å²) >= 11 is 0. The lowest BCUT2D eigenvalue weighted by Gasteiger charge is -2.16. The van der Waals surface area contributed by atoms with E-state index in [4.69, 9.17) is 0 Å². The SMILES string of the molecule is O=C(NCc1cnc2ccccc2c1)c1ccc(CN2C[C@H]3CNC[C@H]3C2)[nH]c1=O. The molecule has 7 heteroatoms. The quantitative estimate of drug-likeness (QED) is 0.601. The number of hydrogen-bond acceptors (Lipinski definition) is 5. The highest BCUT2D eigenvalue weighted by molar-refractivity contribution is 5.93. The summed E-state index contributed by atoms with van der Waals surface area (Å²) in [5.74, 6) is 1.05. The maximum atomic E-state index is 12.5. The van der Waals surface area contributed by atoms with Crippen molar-refractivity contribution >= 4 is 16.8 Å². The Hall–Kier alpha value is -3.03. The van der Waals surface area contributed by atoms with Gasteiger partial charge in [-0.2, -0.15) is 0 Å². The molecule has 5 rings (SSSR count). The van der Waals surface area contributed by atoms with E-state index >= 15 is 0 Å². The van der Waals surface area contributed by atoms with Gasteiger partial charge in [-0.25, -0.2) is 0 Å². The molecule has 3 N–H and O–H groups in total. The van der Waals surface area contributed by atoms with Crippen LogP contribution < -0.4 is 16.2 Å². The number of benzene rings is 1. The van der Waals surface area contributed by atoms with Crippen molar-refractivity contribution in [3.8, 4) is 0 Å². The van der Waals surface area contributed by atoms with Crippen LogP contribution in [0.3, 0.4) is 0 Å². The monoisotopic (exact) mass is 403 g/mol. The van der Waals surface area contributed by atoms with Gasteiger partial charge in [0.15, 0.2) is 0 Å². The van der Waals surface area contributed by atoms with Gasteiger partial charge in [0.05, 0.1) is 5.52 Å². The number of fused-ring (bicyclic) bond motifs is 2. The van der Waals surface area contributed by atoms with Crippen LogP contribution in [-0.2, 0) is 13.1 Å². The van der Waals surface area contributed by atoms with E-state index < -0.39 is 0 Å². The number of H-pyrrole nitrogens is 1. The third-order valence-electron chi connectivity index (χ3n) is 6.17. The highest BCUT2D eigenvalue weighted by Crippen LogP contribution is 2.27. The first kappa shape index (κ1) is 19.0. The van der Waals surface area contributed by atoms with Crippen molar-refractivity contribution in [1.82, 2.24) is 25.5 Å². The average molecular weight is 403 g/mol. The van der Waals surface area contributed by atoms with Gasteiger partial charge in [-0.3, -0.25) is 19.5 Å². The van der Waals surface area contributed by atoms with Crippen LogP contribution in [-0.4, -0.2) is 47.0 Å². The first-order valence-electron chi connectivity index (χ1n) is 10.4. The van der Waals surface area contributed by atoms with E-state index in [0.717, 1.165) is 48.3 Å². The van der Waals surface area contributed by atoms with Gasteiger partial charge in [0.1, 0.15) is 5.56 Å². The number of likely N-dealkylation sites (tertiary alicyclic amines) is 1. The van der Waals surface area contributed by atoms with Gasteiger partial charge in [-0.15, -0.1) is 0 Å². The summed E-state index contributed by atoms with van der Waals surface area (Å²) in [6.45, 7) is 5.33. The summed E-state index contributed by atoms with van der Waals surface area (Å²) in [4.78, 5) is 34.7. The number of para-hydroxylation sites is 1. The van der Waals surface area contributed by atoms with E-state index in [1.807, 2.05) is 36.4 Å². The predicted octanol–water partition coefficient (Wildman–Crippen LogP) is 1.50. The van der Waals surface area contributed by atoms with Crippen LogP contribution in [0.25, 0.3) is 10.9 Å². The topological polar surface area (TPSA) is 90.1 Å². The van der Waals surface area contributed by atoms with Crippen LogP contribution in [0, 0.1) is 11.8 Å². The van der Waals surface area contributed by atoms with Gasteiger partial charge in [0, 0.05) is 43.5 Å². The number of amides is 1. The number of hydrogen-bond donors (Lipinski definition) is 3. The first-order chi connectivity index (χ1) is 14.7. The van der Waals surface area contributed by atoms with E-state index in [2.05, 4.69) is 25.5 Å². The molecule has 0 radical (unpaired) electrons. The van der Waals surface area contributed by atoms with E-state index in [-0.39, 0.29) is 17.0 Å². The molecule has 0 bridgehead atoms. The molecule has 1 amide bonds. The maximum Gasteiger partial charge on any atom is 0.261 e. The number of rotatable bonds is 5. The zero-order valence-electron chi connectivity index (χ0n) is 16.7. The molecule has 2 aliphatic heterocycles. The Morgan fingerprint density at radius 3 is 2.73 bits per heavy atom. The first-order valence-corrected chi connectivity index (χ1v) is 10.4. The Morgan fingerprint density at radius 1 is 1.13 bits per heavy atom. The summed E-state index contributed by atoms with van der Waals surface area (Å²) in [5, 5.41) is 7.28. The molecule has 154 valence electrons. The highest BCUT2D eigenvalue weighted by Gasteiger charge is 2.35. The van der Waals surface area contributed by atoms with Gasteiger partial charge in [-0.05, 0) is 54.8 Å². The van der Waals surface area contributed by atoms with E-state index in [0.29, 0.717) is 24.9 Å². The molecule has 7 nitrogen and oxygen atoms in total. The smallest absolute Gasteiger partial charge is 0.261 e. The minimum atomic E-state index is -0.377. The number of pyridine rings is 2. The minimum Gasteiger partial charge on any atom is -0.348 e. The van der Waals surface area contributed by atoms with E-state index in [1.54, 1.807) is 12.3 Å². The molecular weight excluding hydrogens is 378 g/mol. The van der Waals surface area contributed by atoms with Gasteiger partial charge in [0.25, 0.3) is 11.5 Å². The molecule has 0 spiro atoms. The Balaban J connectivity index is 1.21. The summed E-state index contributed by atoms with van der Waals surface area (Å²) in [6.07, 6.45) is 1.75. The molecular formula is C23H25N5O2. The van der Waals surface area contributed by atoms with Crippen molar-refractivity contribution < 1.29 is 4.79 Å². The van der Waals surface area contributed by atoms with E-state index in [1.165, 1.54) is 0 Å². The lowest BCUT2D eigenvalue weighted by molar-refractivity contribution is 0.0949. The fourth-order valence-electron chi connectivity index (χ4n) is 4.60. The molecule has 2 atom stereocenters. The van der Waals surface area contributed by atoms with Crippen LogP contribution >= 0.6 is 0 Å². The van der Waals surface area contributed by atoms with E-state index in [9.17, 15) is 9.59 Å². The van der Waals surface area contributed by atoms with Gasteiger partial charge < -0.3 is 15.6 Å². The average Bonchev–Trinajstić information content (AvgIpc) is 3.34. The number of nitrogens with one attached hydrogen (secondary N) is 3. The lowest BCUT2D eigenvalue weighted by Crippen LogP contribution is -2.31. The number of carbonyl (C=O) groups is 1. The van der Waals surface area contributed by atoms with Crippen molar-refractivity contribution in [2.75, 3.05) is 26.2 Å². The van der Waals surface area contributed by atoms with Crippen LogP contribution in [0.5, 0.6) is 0 Å². The number of aromatic amines is 1. The molecule has 1 aromatic carbocycles. The molecule has 4 heterocycles. The van der Waals surface area contributed by atoms with Crippen LogP contribution in [0.1, 0.15) is 21.6 Å².